The first-order valence-corrected chi connectivity index (χ1v) is 15.8. The van der Waals surface area contributed by atoms with Crippen molar-refractivity contribution in [2.45, 2.75) is 63.8 Å². The maximum atomic E-state index is 13.8. The molecule has 0 spiro atoms. The van der Waals surface area contributed by atoms with Crippen LogP contribution in [0.3, 0.4) is 0 Å². The molecule has 0 bridgehead atoms. The summed E-state index contributed by atoms with van der Waals surface area (Å²) in [5, 5.41) is 10.6. The van der Waals surface area contributed by atoms with Crippen molar-refractivity contribution in [1.82, 2.24) is 14.7 Å². The lowest BCUT2D eigenvalue weighted by molar-refractivity contribution is -0.870. The first-order chi connectivity index (χ1) is 20.5. The number of carbonyl (C=O) groups is 3. The third-order valence-corrected chi connectivity index (χ3v) is 8.97. The fraction of sp³-hybridized carbons (Fsp3) is 0.719. The average molecular weight is 604 g/mol. The Hall–Kier alpha value is -3.05. The third kappa shape index (κ3) is 8.32. The van der Waals surface area contributed by atoms with Gasteiger partial charge in [0.1, 0.15) is 0 Å². The minimum atomic E-state index is -0.885. The van der Waals surface area contributed by atoms with Crippen LogP contribution in [0.15, 0.2) is 12.1 Å². The smallest absolute Gasteiger partial charge is 0.308 e. The second-order valence-corrected chi connectivity index (χ2v) is 13.2. The molecule has 2 saturated heterocycles. The van der Waals surface area contributed by atoms with Gasteiger partial charge in [-0.25, -0.2) is 0 Å². The van der Waals surface area contributed by atoms with Crippen molar-refractivity contribution in [1.29, 1.82) is 0 Å². The van der Waals surface area contributed by atoms with Crippen molar-refractivity contribution in [3.8, 4) is 17.2 Å². The molecule has 0 aromatic heterocycles. The van der Waals surface area contributed by atoms with Crippen molar-refractivity contribution < 1.29 is 38.2 Å². The molecule has 1 N–H and O–H groups in total. The Labute approximate surface area is 256 Å². The van der Waals surface area contributed by atoms with E-state index in [9.17, 15) is 19.5 Å². The van der Waals surface area contributed by atoms with Crippen LogP contribution < -0.4 is 14.2 Å². The number of aliphatic carboxylic acids is 1. The molecule has 3 atom stereocenters. The van der Waals surface area contributed by atoms with Gasteiger partial charge < -0.3 is 33.6 Å². The van der Waals surface area contributed by atoms with E-state index in [2.05, 4.69) is 33.0 Å². The molecule has 1 unspecified atom stereocenters. The summed E-state index contributed by atoms with van der Waals surface area (Å²) in [5.74, 6) is -0.193. The van der Waals surface area contributed by atoms with Crippen LogP contribution in [0.5, 0.6) is 17.2 Å². The van der Waals surface area contributed by atoms with E-state index in [0.29, 0.717) is 62.7 Å². The minimum Gasteiger partial charge on any atom is -0.493 e. The maximum absolute atomic E-state index is 13.8. The molecule has 11 nitrogen and oxygen atoms in total. The fourth-order valence-electron chi connectivity index (χ4n) is 6.71. The summed E-state index contributed by atoms with van der Waals surface area (Å²) in [4.78, 5) is 44.9. The molecule has 43 heavy (non-hydrogen) atoms. The van der Waals surface area contributed by atoms with Gasteiger partial charge in [-0.15, -0.1) is 0 Å². The number of hydrogen-bond donors (Lipinski definition) is 1. The standard InChI is InChI=1S/C32H50N4O7/c1-6-7-13-34(16-10-17-36(2,3)4)29(38)21-35-20-24(23-18-26(41-5)31-27(19-23)42-22-43-31)30(32(39)40)25(35)11-8-14-33-15-9-12-28(33)37/h18-19,24-25,30H,6-17,20-22H2,1-5H3/p+1/t24-,25+,30?/m1/s1. The van der Waals surface area contributed by atoms with Crippen molar-refractivity contribution >= 4 is 17.8 Å². The number of rotatable bonds is 16. The number of carboxylic acids is 1. The molecular formula is C32H51N4O7+. The van der Waals surface area contributed by atoms with E-state index in [-0.39, 0.29) is 37.1 Å². The van der Waals surface area contributed by atoms with Crippen LogP contribution in [0.1, 0.15) is 63.4 Å². The number of carboxylic acid groups (broad SMARTS) is 1. The number of likely N-dealkylation sites (tertiary alicyclic amines) is 2. The highest BCUT2D eigenvalue weighted by atomic mass is 16.7. The van der Waals surface area contributed by atoms with Crippen molar-refractivity contribution in [2.75, 3.05) is 80.9 Å². The van der Waals surface area contributed by atoms with Crippen LogP contribution in [0.2, 0.25) is 0 Å². The topological polar surface area (TPSA) is 109 Å². The van der Waals surface area contributed by atoms with Gasteiger partial charge in [-0.3, -0.25) is 19.3 Å². The number of methoxy groups -OCH3 is 1. The van der Waals surface area contributed by atoms with Gasteiger partial charge in [0, 0.05) is 57.5 Å². The largest absolute Gasteiger partial charge is 0.493 e. The highest BCUT2D eigenvalue weighted by molar-refractivity contribution is 5.79. The van der Waals surface area contributed by atoms with E-state index >= 15 is 0 Å². The second kappa shape index (κ2) is 14.6. The number of ether oxygens (including phenoxy) is 3. The average Bonchev–Trinajstić information content (AvgIpc) is 3.68. The van der Waals surface area contributed by atoms with Gasteiger partial charge in [-0.1, -0.05) is 13.3 Å². The normalized spacial score (nSPS) is 21.9. The van der Waals surface area contributed by atoms with Crippen LogP contribution in [0.25, 0.3) is 0 Å². The van der Waals surface area contributed by atoms with Crippen LogP contribution in [-0.2, 0) is 14.4 Å². The van der Waals surface area contributed by atoms with Crippen LogP contribution in [-0.4, -0.2) is 129 Å². The quantitative estimate of drug-likeness (QED) is 0.288. The predicted molar refractivity (Wildman–Crippen MR) is 162 cm³/mol. The van der Waals surface area contributed by atoms with Gasteiger partial charge in [0.2, 0.25) is 24.4 Å². The monoisotopic (exact) mass is 603 g/mol. The Morgan fingerprint density at radius 1 is 1.14 bits per heavy atom. The van der Waals surface area contributed by atoms with Gasteiger partial charge in [0.15, 0.2) is 11.5 Å². The summed E-state index contributed by atoms with van der Waals surface area (Å²) in [5.41, 5.74) is 0.800. The van der Waals surface area contributed by atoms with Gasteiger partial charge in [-0.2, -0.15) is 0 Å². The molecule has 0 aliphatic carbocycles. The molecule has 1 aromatic carbocycles. The number of fused-ring (bicyclic) bond motifs is 1. The first-order valence-electron chi connectivity index (χ1n) is 15.8. The Morgan fingerprint density at radius 3 is 2.56 bits per heavy atom. The summed E-state index contributed by atoms with van der Waals surface area (Å²) in [6.45, 7) is 6.53. The van der Waals surface area contributed by atoms with Crippen molar-refractivity contribution in [3.63, 3.8) is 0 Å². The molecule has 2 fully saturated rings. The SMILES string of the molecule is CCCCN(CCC[N+](C)(C)C)C(=O)CN1C[C@H](c2cc(OC)c3c(c2)OCO3)C(C(=O)O)[C@@H]1CCCN1CCCC1=O. The number of nitrogens with zero attached hydrogens (tertiary/aromatic N) is 4. The molecule has 2 amide bonds. The number of quaternary nitrogens is 1. The predicted octanol–water partition coefficient (Wildman–Crippen LogP) is 3.02. The number of hydrogen-bond acceptors (Lipinski definition) is 7. The molecule has 240 valence electrons. The Kier molecular flexibility index (Phi) is 11.2. The Morgan fingerprint density at radius 2 is 1.91 bits per heavy atom. The minimum absolute atomic E-state index is 0.0441. The number of amides is 2. The van der Waals surface area contributed by atoms with Crippen LogP contribution >= 0.6 is 0 Å². The zero-order chi connectivity index (χ0) is 31.1. The summed E-state index contributed by atoms with van der Waals surface area (Å²) < 4.78 is 17.6. The lowest BCUT2D eigenvalue weighted by atomic mass is 9.83. The van der Waals surface area contributed by atoms with E-state index in [4.69, 9.17) is 14.2 Å². The second-order valence-electron chi connectivity index (χ2n) is 13.2. The Bertz CT molecular complexity index is 1140. The molecule has 0 saturated carbocycles. The van der Waals surface area contributed by atoms with Gasteiger partial charge >= 0.3 is 5.97 Å². The number of carbonyl (C=O) groups excluding carboxylic acids is 2. The summed E-state index contributed by atoms with van der Waals surface area (Å²) in [6.07, 6.45) is 5.56. The molecule has 3 aliphatic heterocycles. The van der Waals surface area contributed by atoms with Crippen molar-refractivity contribution in [3.05, 3.63) is 17.7 Å². The molecule has 3 aliphatic rings. The van der Waals surface area contributed by atoms with E-state index in [1.54, 1.807) is 7.11 Å². The van der Waals surface area contributed by atoms with E-state index in [1.165, 1.54) is 0 Å². The van der Waals surface area contributed by atoms with Crippen LogP contribution in [0, 0.1) is 5.92 Å². The molecule has 3 heterocycles. The molecule has 4 rings (SSSR count). The Balaban J connectivity index is 1.57. The maximum Gasteiger partial charge on any atom is 0.308 e. The van der Waals surface area contributed by atoms with E-state index in [0.717, 1.165) is 48.8 Å². The zero-order valence-electron chi connectivity index (χ0n) is 26.7. The van der Waals surface area contributed by atoms with E-state index in [1.807, 2.05) is 21.9 Å². The number of unbranched alkanes of at least 4 members (excludes halogenated alkanes) is 1. The highest BCUT2D eigenvalue weighted by Gasteiger charge is 2.47. The summed E-state index contributed by atoms with van der Waals surface area (Å²) in [6, 6.07) is 3.35. The third-order valence-electron chi connectivity index (χ3n) is 8.97. The molecule has 11 heteroatoms. The highest BCUT2D eigenvalue weighted by Crippen LogP contribution is 2.47. The van der Waals surface area contributed by atoms with Gasteiger partial charge in [0.25, 0.3) is 0 Å². The molecule has 0 radical (unpaired) electrons. The van der Waals surface area contributed by atoms with Crippen molar-refractivity contribution in [2.24, 2.45) is 5.92 Å². The lowest BCUT2D eigenvalue weighted by Gasteiger charge is -2.31. The van der Waals surface area contributed by atoms with Gasteiger partial charge in [-0.05, 0) is 43.4 Å². The summed E-state index contributed by atoms with van der Waals surface area (Å²) >= 11 is 0. The molecule has 1 aromatic rings. The van der Waals surface area contributed by atoms with E-state index < -0.39 is 11.9 Å². The fourth-order valence-corrected chi connectivity index (χ4v) is 6.71. The van der Waals surface area contributed by atoms with Gasteiger partial charge in [0.05, 0.1) is 47.3 Å². The van der Waals surface area contributed by atoms with Crippen LogP contribution in [0.4, 0.5) is 0 Å². The lowest BCUT2D eigenvalue weighted by Crippen LogP contribution is -2.45. The zero-order valence-corrected chi connectivity index (χ0v) is 26.7. The molecular weight excluding hydrogens is 552 g/mol. The summed E-state index contributed by atoms with van der Waals surface area (Å²) in [7, 11) is 8.02. The number of benzene rings is 1. The first kappa shape index (κ1) is 32.9.